The molecular weight excluding hydrogens is 529 g/mol. The molecule has 2 fully saturated rings. The molecule has 0 spiro atoms. The van der Waals surface area contributed by atoms with Crippen molar-refractivity contribution in [2.75, 3.05) is 37.0 Å². The van der Waals surface area contributed by atoms with Crippen LogP contribution in [0.2, 0.25) is 0 Å². The Labute approximate surface area is 218 Å². The number of carbonyl (C=O) groups is 2. The molecule has 8 nitrogen and oxygen atoms in total. The first-order chi connectivity index (χ1) is 17.6. The van der Waals surface area contributed by atoms with Gasteiger partial charge >= 0.3 is 6.18 Å². The van der Waals surface area contributed by atoms with Crippen LogP contribution in [0.25, 0.3) is 10.9 Å². The average molecular weight is 553 g/mol. The zero-order valence-corrected chi connectivity index (χ0v) is 21.1. The number of nitrogens with one attached hydrogen (secondary N) is 1. The summed E-state index contributed by atoms with van der Waals surface area (Å²) >= 11 is 2.13. The Hall–Kier alpha value is -2.74. The van der Waals surface area contributed by atoms with E-state index < -0.39 is 23.5 Å². The second-order valence-electron chi connectivity index (χ2n) is 8.84. The van der Waals surface area contributed by atoms with Gasteiger partial charge in [-0.2, -0.15) is 13.2 Å². The maximum Gasteiger partial charge on any atom is 0.451 e. The van der Waals surface area contributed by atoms with Crippen LogP contribution in [0.15, 0.2) is 35.4 Å². The number of halogens is 3. The molecule has 1 aliphatic carbocycles. The number of aliphatic hydroxyl groups is 1. The third kappa shape index (κ3) is 5.89. The van der Waals surface area contributed by atoms with E-state index in [1.54, 1.807) is 30.3 Å². The van der Waals surface area contributed by atoms with Crippen LogP contribution in [0, 0.1) is 0 Å². The number of rotatable bonds is 8. The molecule has 196 valence electrons. The zero-order valence-electron chi connectivity index (χ0n) is 19.5. The summed E-state index contributed by atoms with van der Waals surface area (Å²) in [5, 5.41) is 13.0. The maximum absolute atomic E-state index is 13.5. The summed E-state index contributed by atoms with van der Waals surface area (Å²) in [6.45, 7) is 2.63. The number of ether oxygens (including phenoxy) is 1. The van der Waals surface area contributed by atoms with E-state index >= 15 is 0 Å². The average Bonchev–Trinajstić information content (AvgIpc) is 3.46. The number of morpholine rings is 1. The predicted molar refractivity (Wildman–Crippen MR) is 133 cm³/mol. The lowest BCUT2D eigenvalue weighted by molar-refractivity contribution is -0.145. The fourth-order valence-electron chi connectivity index (χ4n) is 3.85. The Balaban J connectivity index is 1.32. The Bertz CT molecular complexity index is 1340. The normalized spacial score (nSPS) is 17.1. The van der Waals surface area contributed by atoms with E-state index in [4.69, 9.17) is 4.74 Å². The minimum absolute atomic E-state index is 0.0857. The summed E-state index contributed by atoms with van der Waals surface area (Å²) in [6.07, 6.45) is -3.85. The van der Waals surface area contributed by atoms with Gasteiger partial charge in [-0.3, -0.25) is 9.59 Å². The summed E-state index contributed by atoms with van der Waals surface area (Å²) in [6, 6.07) is 8.36. The molecule has 2 aliphatic rings. The van der Waals surface area contributed by atoms with E-state index in [0.717, 1.165) is 22.3 Å². The van der Waals surface area contributed by atoms with E-state index in [2.05, 4.69) is 20.2 Å². The van der Waals surface area contributed by atoms with Gasteiger partial charge in [0.05, 0.1) is 35.9 Å². The van der Waals surface area contributed by atoms with E-state index in [9.17, 15) is 27.9 Å². The Morgan fingerprint density at radius 2 is 1.92 bits per heavy atom. The number of carbonyl (C=O) groups excluding carboxylic acids is 2. The highest BCUT2D eigenvalue weighted by Crippen LogP contribution is 2.36. The van der Waals surface area contributed by atoms with Crippen LogP contribution in [-0.2, 0) is 22.3 Å². The number of alkyl halides is 3. The molecule has 2 N–H and O–H groups in total. The SMILES string of the molecule is O=C(CSc1nc(C(F)(F)F)nc2ccc(N3CCOCC3)cc12)c1ccc(CNC(=O)C2(O)CC2)s1. The molecular formula is C24H23F3N4O4S2. The number of aromatic nitrogens is 2. The monoisotopic (exact) mass is 552 g/mol. The smallest absolute Gasteiger partial charge is 0.380 e. The first-order valence-corrected chi connectivity index (χ1v) is 13.4. The van der Waals surface area contributed by atoms with Gasteiger partial charge in [-0.25, -0.2) is 9.97 Å². The molecule has 3 aromatic rings. The van der Waals surface area contributed by atoms with Gasteiger partial charge in [-0.1, -0.05) is 11.8 Å². The van der Waals surface area contributed by atoms with Crippen LogP contribution in [0.4, 0.5) is 18.9 Å². The van der Waals surface area contributed by atoms with Gasteiger partial charge in [0, 0.05) is 29.0 Å². The number of hydrogen-bond donors (Lipinski definition) is 2. The van der Waals surface area contributed by atoms with Crippen LogP contribution >= 0.6 is 23.1 Å². The number of ketones is 1. The van der Waals surface area contributed by atoms with E-state index in [1.807, 2.05) is 0 Å². The third-order valence-corrected chi connectivity index (χ3v) is 8.24. The molecule has 13 heteroatoms. The number of Topliss-reactive ketones (excluding diaryl/α,β-unsaturated/α-hetero) is 1. The van der Waals surface area contributed by atoms with E-state index in [1.165, 1.54) is 11.3 Å². The second kappa shape index (κ2) is 10.2. The number of amides is 1. The summed E-state index contributed by atoms with van der Waals surface area (Å²) < 4.78 is 45.8. The number of nitrogens with zero attached hydrogens (tertiary/aromatic N) is 3. The molecule has 2 aromatic heterocycles. The van der Waals surface area contributed by atoms with Gasteiger partial charge in [0.15, 0.2) is 5.78 Å². The highest BCUT2D eigenvalue weighted by Gasteiger charge is 2.47. The number of anilines is 1. The lowest BCUT2D eigenvalue weighted by atomic mass is 10.2. The lowest BCUT2D eigenvalue weighted by Crippen LogP contribution is -2.36. The highest BCUT2D eigenvalue weighted by molar-refractivity contribution is 8.00. The van der Waals surface area contributed by atoms with Crippen molar-refractivity contribution in [3.63, 3.8) is 0 Å². The van der Waals surface area contributed by atoms with Crippen LogP contribution in [-0.4, -0.2) is 64.4 Å². The Morgan fingerprint density at radius 3 is 2.62 bits per heavy atom. The molecule has 1 saturated heterocycles. The van der Waals surface area contributed by atoms with Crippen LogP contribution in [0.1, 0.15) is 33.2 Å². The molecule has 1 aliphatic heterocycles. The van der Waals surface area contributed by atoms with Crippen LogP contribution < -0.4 is 10.2 Å². The van der Waals surface area contributed by atoms with Crippen molar-refractivity contribution in [1.29, 1.82) is 0 Å². The molecule has 0 unspecified atom stereocenters. The first-order valence-electron chi connectivity index (χ1n) is 11.6. The maximum atomic E-state index is 13.5. The third-order valence-electron chi connectivity index (χ3n) is 6.12. The minimum atomic E-state index is -4.73. The number of hydrogen-bond acceptors (Lipinski definition) is 9. The quantitative estimate of drug-likeness (QED) is 0.248. The van der Waals surface area contributed by atoms with Crippen molar-refractivity contribution in [2.24, 2.45) is 0 Å². The highest BCUT2D eigenvalue weighted by atomic mass is 32.2. The van der Waals surface area contributed by atoms with Gasteiger partial charge in [0.2, 0.25) is 5.82 Å². The Kier molecular flexibility index (Phi) is 7.14. The standard InChI is InChI=1S/C24H23F3N4O4S2/c25-24(26,27)21-29-17-3-1-14(31-7-9-35-10-8-31)11-16(17)20(30-21)36-13-18(32)19-4-2-15(37-19)12-28-22(33)23(34)5-6-23/h1-4,11,34H,5-10,12-13H2,(H,28,33). The largest absolute Gasteiger partial charge is 0.451 e. The molecule has 1 amide bonds. The first kappa shape index (κ1) is 25.9. The zero-order chi connectivity index (χ0) is 26.2. The number of benzene rings is 1. The lowest BCUT2D eigenvalue weighted by Gasteiger charge is -2.29. The molecule has 3 heterocycles. The van der Waals surface area contributed by atoms with Crippen molar-refractivity contribution in [2.45, 2.75) is 36.2 Å². The molecule has 37 heavy (non-hydrogen) atoms. The molecule has 0 bridgehead atoms. The van der Waals surface area contributed by atoms with Crippen molar-refractivity contribution in [3.05, 3.63) is 45.9 Å². The van der Waals surface area contributed by atoms with E-state index in [-0.39, 0.29) is 28.6 Å². The fourth-order valence-corrected chi connectivity index (χ4v) is 5.72. The molecule has 5 rings (SSSR count). The van der Waals surface area contributed by atoms with Gasteiger partial charge in [0.1, 0.15) is 10.6 Å². The van der Waals surface area contributed by atoms with Crippen molar-refractivity contribution in [3.8, 4) is 0 Å². The summed E-state index contributed by atoms with van der Waals surface area (Å²) in [5.74, 6) is -2.06. The molecule has 1 saturated carbocycles. The molecule has 0 atom stereocenters. The van der Waals surface area contributed by atoms with Crippen molar-refractivity contribution >= 4 is 51.4 Å². The van der Waals surface area contributed by atoms with Gasteiger partial charge < -0.3 is 20.1 Å². The van der Waals surface area contributed by atoms with Crippen LogP contribution in [0.5, 0.6) is 0 Å². The minimum Gasteiger partial charge on any atom is -0.380 e. The van der Waals surface area contributed by atoms with Crippen molar-refractivity contribution < 1.29 is 32.6 Å². The summed E-state index contributed by atoms with van der Waals surface area (Å²) in [4.78, 5) is 35.5. The van der Waals surface area contributed by atoms with Gasteiger partial charge in [-0.05, 0) is 43.2 Å². The summed E-state index contributed by atoms with van der Waals surface area (Å²) in [7, 11) is 0. The van der Waals surface area contributed by atoms with Gasteiger partial charge in [-0.15, -0.1) is 11.3 Å². The fraction of sp³-hybridized carbons (Fsp3) is 0.417. The predicted octanol–water partition coefficient (Wildman–Crippen LogP) is 3.66. The number of thiophene rings is 1. The molecule has 1 aromatic carbocycles. The van der Waals surface area contributed by atoms with Crippen molar-refractivity contribution in [1.82, 2.24) is 15.3 Å². The van der Waals surface area contributed by atoms with E-state index in [0.29, 0.717) is 49.4 Å². The molecule has 0 radical (unpaired) electrons. The topological polar surface area (TPSA) is 105 Å². The number of thioether (sulfide) groups is 1. The van der Waals surface area contributed by atoms with Gasteiger partial charge in [0.25, 0.3) is 5.91 Å². The Morgan fingerprint density at radius 1 is 1.16 bits per heavy atom. The second-order valence-corrected chi connectivity index (χ2v) is 11.0. The summed E-state index contributed by atoms with van der Waals surface area (Å²) in [5.41, 5.74) is -0.294. The number of fused-ring (bicyclic) bond motifs is 1. The van der Waals surface area contributed by atoms with Crippen LogP contribution in [0.3, 0.4) is 0 Å².